The first-order valence-electron chi connectivity index (χ1n) is 4.75. The van der Waals surface area contributed by atoms with Gasteiger partial charge in [-0.2, -0.15) is 0 Å². The van der Waals surface area contributed by atoms with Crippen LogP contribution in [-0.2, 0) is 0 Å². The molecule has 0 saturated carbocycles. The van der Waals surface area contributed by atoms with Crippen LogP contribution in [-0.4, -0.2) is 23.9 Å². The first-order chi connectivity index (χ1) is 5.77. The Bertz CT molecular complexity index is 93.1. The van der Waals surface area contributed by atoms with Gasteiger partial charge in [0.15, 0.2) is 0 Å². The summed E-state index contributed by atoms with van der Waals surface area (Å²) in [6, 6.07) is 0. The molecule has 0 aliphatic carbocycles. The summed E-state index contributed by atoms with van der Waals surface area (Å²) >= 11 is 3.41. The Balaban J connectivity index is 2.82. The average molecular weight is 236 g/mol. The van der Waals surface area contributed by atoms with Crippen LogP contribution in [0.1, 0.15) is 32.1 Å². The van der Waals surface area contributed by atoms with E-state index in [1.165, 1.54) is 32.1 Å². The van der Waals surface area contributed by atoms with Crippen molar-refractivity contribution in [1.29, 1.82) is 0 Å². The zero-order chi connectivity index (χ0) is 9.23. The number of nitrogens with one attached hydrogen (secondary N) is 1. The number of unbranched alkanes of at least 4 members (excludes halogenated alkanes) is 4. The molecule has 0 bridgehead atoms. The lowest BCUT2D eigenvalue weighted by atomic mass is 9.89. The molecule has 0 amide bonds. The third-order valence-electron chi connectivity index (χ3n) is 1.75. The summed E-state index contributed by atoms with van der Waals surface area (Å²) in [6.07, 6.45) is 6.36. The lowest BCUT2D eigenvalue weighted by Gasteiger charge is -2.03. The summed E-state index contributed by atoms with van der Waals surface area (Å²) in [5, 5.41) is 13.0. The highest BCUT2D eigenvalue weighted by Gasteiger charge is 1.98. The highest BCUT2D eigenvalue weighted by Crippen LogP contribution is 2.03. The number of hydrogen-bond donors (Lipinski definition) is 2. The minimum atomic E-state index is -0.354. The van der Waals surface area contributed by atoms with Gasteiger partial charge in [-0.15, -0.1) is 0 Å². The van der Waals surface area contributed by atoms with Crippen molar-refractivity contribution in [2.75, 3.05) is 11.9 Å². The average Bonchev–Trinajstić information content (AvgIpc) is 2.02. The predicted molar refractivity (Wildman–Crippen MR) is 58.7 cm³/mol. The Morgan fingerprint density at radius 2 is 1.75 bits per heavy atom. The van der Waals surface area contributed by atoms with Crippen molar-refractivity contribution in [2.24, 2.45) is 0 Å². The van der Waals surface area contributed by atoms with Gasteiger partial charge in [-0.25, -0.2) is 0 Å². The van der Waals surface area contributed by atoms with E-state index in [9.17, 15) is 0 Å². The van der Waals surface area contributed by atoms with Crippen molar-refractivity contribution in [3.05, 3.63) is 0 Å². The van der Waals surface area contributed by atoms with Crippen LogP contribution in [0.25, 0.3) is 0 Å². The van der Waals surface area contributed by atoms with Gasteiger partial charge in [0.1, 0.15) is 0 Å². The molecule has 4 heteroatoms. The lowest BCUT2D eigenvalue weighted by Crippen LogP contribution is -2.31. The molecule has 0 aromatic rings. The van der Waals surface area contributed by atoms with E-state index in [0.717, 1.165) is 11.9 Å². The molecule has 0 aromatic heterocycles. The predicted octanol–water partition coefficient (Wildman–Crippen LogP) is 2.03. The maximum atomic E-state index is 8.88. The highest BCUT2D eigenvalue weighted by molar-refractivity contribution is 9.09. The van der Waals surface area contributed by atoms with E-state index in [1.807, 2.05) is 0 Å². The highest BCUT2D eigenvalue weighted by atomic mass is 79.9. The second-order valence-corrected chi connectivity index (χ2v) is 3.88. The number of rotatable bonds is 8. The molecule has 0 unspecified atom stereocenters. The van der Waals surface area contributed by atoms with Gasteiger partial charge in [0.2, 0.25) is 0 Å². The summed E-state index contributed by atoms with van der Waals surface area (Å²) < 4.78 is 0. The first-order valence-corrected chi connectivity index (χ1v) is 5.87. The van der Waals surface area contributed by atoms with Gasteiger partial charge in [-0.3, -0.25) is 0 Å². The summed E-state index contributed by atoms with van der Waals surface area (Å²) in [7, 11) is -0.354. The largest absolute Gasteiger partial charge is 0.437 e. The van der Waals surface area contributed by atoms with E-state index in [-0.39, 0.29) is 7.05 Å². The zero-order valence-electron chi connectivity index (χ0n) is 7.85. The van der Waals surface area contributed by atoms with Crippen molar-refractivity contribution in [3.8, 4) is 0 Å². The normalized spacial score (nSPS) is 10.2. The van der Waals surface area contributed by atoms with Gasteiger partial charge >= 0.3 is 7.05 Å². The smallest absolute Gasteiger partial charge is 0.373 e. The van der Waals surface area contributed by atoms with Crippen molar-refractivity contribution >= 4 is 23.0 Å². The molecule has 2 N–H and O–H groups in total. The van der Waals surface area contributed by atoms with Crippen LogP contribution in [0.15, 0.2) is 0 Å². The third-order valence-corrected chi connectivity index (χ3v) is 2.31. The summed E-state index contributed by atoms with van der Waals surface area (Å²) in [5.41, 5.74) is 0. The minimum Gasteiger partial charge on any atom is -0.437 e. The Labute approximate surface area is 84.4 Å². The van der Waals surface area contributed by atoms with Gasteiger partial charge < -0.3 is 10.3 Å². The second kappa shape index (κ2) is 9.55. The Kier molecular flexibility index (Phi) is 9.92. The molecule has 0 aromatic carbocycles. The SMILES string of the molecule is CB(O)NCCCCCCCBr. The molecular formula is C8H19BBrNO. The molecular weight excluding hydrogens is 217 g/mol. The van der Waals surface area contributed by atoms with Crippen molar-refractivity contribution < 1.29 is 5.02 Å². The molecule has 0 aliphatic rings. The van der Waals surface area contributed by atoms with Gasteiger partial charge in [0.25, 0.3) is 0 Å². The standard InChI is InChI=1S/C8H19BBrNO/c1-9(12)11-8-6-4-2-3-5-7-10/h11-12H,2-8H2,1H3. The van der Waals surface area contributed by atoms with E-state index in [4.69, 9.17) is 5.02 Å². The van der Waals surface area contributed by atoms with Crippen LogP contribution in [0.5, 0.6) is 0 Å². The van der Waals surface area contributed by atoms with Crippen LogP contribution in [0.3, 0.4) is 0 Å². The Morgan fingerprint density at radius 1 is 1.17 bits per heavy atom. The lowest BCUT2D eigenvalue weighted by molar-refractivity contribution is 0.544. The van der Waals surface area contributed by atoms with Gasteiger partial charge in [-0.05, 0) is 26.2 Å². The Hall–Kier alpha value is 0.465. The number of halogens is 1. The number of hydrogen-bond acceptors (Lipinski definition) is 2. The Morgan fingerprint density at radius 3 is 2.33 bits per heavy atom. The van der Waals surface area contributed by atoms with Crippen molar-refractivity contribution in [1.82, 2.24) is 5.23 Å². The number of alkyl halides is 1. The van der Waals surface area contributed by atoms with Crippen LogP contribution < -0.4 is 5.23 Å². The molecule has 0 fully saturated rings. The van der Waals surface area contributed by atoms with Crippen LogP contribution in [0.4, 0.5) is 0 Å². The fourth-order valence-corrected chi connectivity index (χ4v) is 1.46. The summed E-state index contributed by atoms with van der Waals surface area (Å²) in [5.74, 6) is 0. The van der Waals surface area contributed by atoms with E-state index in [2.05, 4.69) is 21.2 Å². The van der Waals surface area contributed by atoms with Crippen LogP contribution in [0, 0.1) is 0 Å². The van der Waals surface area contributed by atoms with E-state index >= 15 is 0 Å². The molecule has 72 valence electrons. The molecule has 12 heavy (non-hydrogen) atoms. The van der Waals surface area contributed by atoms with Gasteiger partial charge in [-0.1, -0.05) is 35.2 Å². The van der Waals surface area contributed by atoms with Gasteiger partial charge in [0, 0.05) is 5.33 Å². The summed E-state index contributed by atoms with van der Waals surface area (Å²) in [4.78, 5) is 0. The monoisotopic (exact) mass is 235 g/mol. The molecule has 2 nitrogen and oxygen atoms in total. The van der Waals surface area contributed by atoms with Crippen molar-refractivity contribution in [2.45, 2.75) is 38.9 Å². The fourth-order valence-electron chi connectivity index (χ4n) is 1.06. The third kappa shape index (κ3) is 10.5. The van der Waals surface area contributed by atoms with E-state index < -0.39 is 0 Å². The maximum Gasteiger partial charge on any atom is 0.373 e. The van der Waals surface area contributed by atoms with E-state index in [0.29, 0.717) is 0 Å². The maximum absolute atomic E-state index is 8.88. The fraction of sp³-hybridized carbons (Fsp3) is 1.00. The molecule has 0 aliphatic heterocycles. The molecule has 0 saturated heterocycles. The summed E-state index contributed by atoms with van der Waals surface area (Å²) in [6.45, 7) is 2.69. The molecule has 0 rings (SSSR count). The van der Waals surface area contributed by atoms with E-state index in [1.54, 1.807) is 6.82 Å². The van der Waals surface area contributed by atoms with Crippen molar-refractivity contribution in [3.63, 3.8) is 0 Å². The zero-order valence-corrected chi connectivity index (χ0v) is 9.44. The van der Waals surface area contributed by atoms with Crippen LogP contribution in [0.2, 0.25) is 6.82 Å². The van der Waals surface area contributed by atoms with Crippen LogP contribution >= 0.6 is 15.9 Å². The second-order valence-electron chi connectivity index (χ2n) is 3.09. The first kappa shape index (κ1) is 12.5. The molecule has 0 radical (unpaired) electrons. The quantitative estimate of drug-likeness (QED) is 0.384. The topological polar surface area (TPSA) is 32.3 Å². The molecule has 0 heterocycles. The molecule has 0 spiro atoms. The minimum absolute atomic E-state index is 0.354. The van der Waals surface area contributed by atoms with Gasteiger partial charge in [0.05, 0.1) is 0 Å². The molecule has 0 atom stereocenters.